The summed E-state index contributed by atoms with van der Waals surface area (Å²) in [5.41, 5.74) is 1.55. The van der Waals surface area contributed by atoms with Crippen LogP contribution < -0.4 is 10.6 Å². The fraction of sp³-hybridized carbons (Fsp3) is 0.118. The highest BCUT2D eigenvalue weighted by molar-refractivity contribution is 5.86. The van der Waals surface area contributed by atoms with Crippen molar-refractivity contribution >= 4 is 12.0 Å². The molecule has 25 heavy (non-hydrogen) atoms. The van der Waals surface area contributed by atoms with Crippen molar-refractivity contribution < 1.29 is 18.0 Å². The molecule has 0 saturated carbocycles. The van der Waals surface area contributed by atoms with Crippen LogP contribution in [0.25, 0.3) is 0 Å². The van der Waals surface area contributed by atoms with E-state index < -0.39 is 6.03 Å². The molecule has 3 rings (SSSR count). The van der Waals surface area contributed by atoms with Gasteiger partial charge in [-0.1, -0.05) is 29.4 Å². The Hall–Kier alpha value is -3.29. The van der Waals surface area contributed by atoms with E-state index in [1.165, 1.54) is 24.3 Å². The van der Waals surface area contributed by atoms with Gasteiger partial charge in [0.15, 0.2) is 0 Å². The Morgan fingerprint density at radius 1 is 0.920 bits per heavy atom. The first-order valence-corrected chi connectivity index (χ1v) is 7.44. The van der Waals surface area contributed by atoms with Crippen LogP contribution in [0.2, 0.25) is 0 Å². The Morgan fingerprint density at radius 2 is 1.52 bits per heavy atom. The minimum atomic E-state index is -0.527. The number of hydrogen-bond acceptors (Lipinski definition) is 4. The molecule has 1 heterocycles. The zero-order chi connectivity index (χ0) is 17.6. The van der Waals surface area contributed by atoms with Gasteiger partial charge in [0, 0.05) is 6.54 Å². The quantitative estimate of drug-likeness (QED) is 0.744. The lowest BCUT2D eigenvalue weighted by molar-refractivity contribution is 0.251. The summed E-state index contributed by atoms with van der Waals surface area (Å²) < 4.78 is 31.0. The summed E-state index contributed by atoms with van der Waals surface area (Å²) in [6.07, 6.45) is 0.326. The number of benzene rings is 2. The molecule has 0 fully saturated rings. The zero-order valence-electron chi connectivity index (χ0n) is 13.0. The Bertz CT molecular complexity index is 848. The maximum Gasteiger partial charge on any atom is 0.323 e. The molecule has 0 aliphatic heterocycles. The predicted molar refractivity (Wildman–Crippen MR) is 85.8 cm³/mol. The molecule has 2 aromatic carbocycles. The Labute approximate surface area is 141 Å². The van der Waals surface area contributed by atoms with Crippen LogP contribution in [0.1, 0.15) is 17.0 Å². The van der Waals surface area contributed by atoms with Crippen LogP contribution in [0.5, 0.6) is 0 Å². The first-order chi connectivity index (χ1) is 12.1. The van der Waals surface area contributed by atoms with Crippen molar-refractivity contribution in [2.45, 2.75) is 13.0 Å². The Kier molecular flexibility index (Phi) is 4.98. The second-order valence-corrected chi connectivity index (χ2v) is 5.24. The van der Waals surface area contributed by atoms with Gasteiger partial charge in [-0.15, -0.1) is 5.10 Å². The van der Waals surface area contributed by atoms with Gasteiger partial charge in [-0.05, 0) is 35.4 Å². The van der Waals surface area contributed by atoms with Crippen molar-refractivity contribution in [1.82, 2.24) is 15.5 Å². The number of rotatable bonds is 5. The van der Waals surface area contributed by atoms with Crippen LogP contribution in [0.4, 0.5) is 19.6 Å². The van der Waals surface area contributed by atoms with Gasteiger partial charge in [0.1, 0.15) is 11.6 Å². The summed E-state index contributed by atoms with van der Waals surface area (Å²) in [6.45, 7) is 0.225. The van der Waals surface area contributed by atoms with Crippen LogP contribution in [0.3, 0.4) is 0 Å². The molecule has 1 aromatic heterocycles. The lowest BCUT2D eigenvalue weighted by Crippen LogP contribution is -2.28. The summed E-state index contributed by atoms with van der Waals surface area (Å²) in [5, 5.41) is 12.5. The molecule has 0 radical (unpaired) electrons. The molecule has 128 valence electrons. The number of urea groups is 1. The summed E-state index contributed by atoms with van der Waals surface area (Å²) in [6, 6.07) is 11.1. The molecule has 0 aliphatic rings. The van der Waals surface area contributed by atoms with Crippen molar-refractivity contribution in [2.24, 2.45) is 0 Å². The minimum absolute atomic E-state index is 0.0475. The molecule has 0 unspecified atom stereocenters. The second-order valence-electron chi connectivity index (χ2n) is 5.24. The number of nitrogens with zero attached hydrogens (tertiary/aromatic N) is 2. The third kappa shape index (κ3) is 4.84. The van der Waals surface area contributed by atoms with Gasteiger partial charge in [0.25, 0.3) is 0 Å². The molecular weight excluding hydrogens is 330 g/mol. The number of aromatic nitrogens is 2. The van der Waals surface area contributed by atoms with E-state index in [1.807, 2.05) is 0 Å². The molecule has 0 atom stereocenters. The third-order valence-electron chi connectivity index (χ3n) is 3.32. The second kappa shape index (κ2) is 7.52. The maximum atomic E-state index is 12.9. The molecule has 6 nitrogen and oxygen atoms in total. The maximum absolute atomic E-state index is 12.9. The summed E-state index contributed by atoms with van der Waals surface area (Å²) in [7, 11) is 0. The SMILES string of the molecule is O=C(NCc1ccc(F)cc1)Nc1nnc(Cc2ccc(F)cc2)o1. The number of carbonyl (C=O) groups is 1. The predicted octanol–water partition coefficient (Wildman–Crippen LogP) is 3.26. The van der Waals surface area contributed by atoms with Gasteiger partial charge in [0.05, 0.1) is 6.42 Å². The lowest BCUT2D eigenvalue weighted by atomic mass is 10.1. The number of halogens is 2. The standard InChI is InChI=1S/C17H14F2N4O2/c18-13-5-1-11(2-6-13)9-15-22-23-17(25-15)21-16(24)20-10-12-3-7-14(19)8-4-12/h1-8H,9-10H2,(H2,20,21,23,24). The highest BCUT2D eigenvalue weighted by Gasteiger charge is 2.10. The monoisotopic (exact) mass is 344 g/mol. The fourth-order valence-corrected chi connectivity index (χ4v) is 2.08. The van der Waals surface area contributed by atoms with Gasteiger partial charge in [-0.3, -0.25) is 5.32 Å². The smallest absolute Gasteiger partial charge is 0.323 e. The molecule has 3 aromatic rings. The zero-order valence-corrected chi connectivity index (χ0v) is 13.0. The number of anilines is 1. The topological polar surface area (TPSA) is 80.0 Å². The average molecular weight is 344 g/mol. The molecule has 0 saturated heterocycles. The average Bonchev–Trinajstić information content (AvgIpc) is 3.03. The van der Waals surface area contributed by atoms with E-state index in [0.717, 1.165) is 11.1 Å². The van der Waals surface area contributed by atoms with E-state index in [2.05, 4.69) is 20.8 Å². The van der Waals surface area contributed by atoms with E-state index >= 15 is 0 Å². The summed E-state index contributed by atoms with van der Waals surface area (Å²) >= 11 is 0. The van der Waals surface area contributed by atoms with Crippen molar-refractivity contribution in [1.29, 1.82) is 0 Å². The van der Waals surface area contributed by atoms with Crippen LogP contribution >= 0.6 is 0 Å². The number of amides is 2. The molecule has 8 heteroatoms. The van der Waals surface area contributed by atoms with E-state index in [9.17, 15) is 13.6 Å². The molecule has 2 N–H and O–H groups in total. The van der Waals surface area contributed by atoms with Gasteiger partial charge in [0.2, 0.25) is 5.89 Å². The van der Waals surface area contributed by atoms with Gasteiger partial charge in [-0.2, -0.15) is 0 Å². The van der Waals surface area contributed by atoms with Crippen molar-refractivity contribution in [3.8, 4) is 0 Å². The van der Waals surface area contributed by atoms with Gasteiger partial charge >= 0.3 is 12.0 Å². The molecule has 0 bridgehead atoms. The van der Waals surface area contributed by atoms with E-state index in [0.29, 0.717) is 12.3 Å². The normalized spacial score (nSPS) is 10.5. The fourth-order valence-electron chi connectivity index (χ4n) is 2.08. The van der Waals surface area contributed by atoms with Crippen LogP contribution in [0, 0.1) is 11.6 Å². The molecule has 2 amide bonds. The third-order valence-corrected chi connectivity index (χ3v) is 3.32. The summed E-state index contributed by atoms with van der Waals surface area (Å²) in [5.74, 6) is -0.373. The lowest BCUT2D eigenvalue weighted by Gasteiger charge is -2.04. The van der Waals surface area contributed by atoms with E-state index in [1.54, 1.807) is 24.3 Å². The molecule has 0 aliphatic carbocycles. The number of hydrogen-bond donors (Lipinski definition) is 2. The Balaban J connectivity index is 1.51. The first-order valence-electron chi connectivity index (χ1n) is 7.44. The van der Waals surface area contributed by atoms with E-state index in [-0.39, 0.29) is 24.2 Å². The molecular formula is C17H14F2N4O2. The molecule has 0 spiro atoms. The van der Waals surface area contributed by atoms with Crippen molar-refractivity contribution in [3.63, 3.8) is 0 Å². The van der Waals surface area contributed by atoms with Crippen molar-refractivity contribution in [3.05, 3.63) is 77.2 Å². The van der Waals surface area contributed by atoms with Crippen LogP contribution in [-0.2, 0) is 13.0 Å². The van der Waals surface area contributed by atoms with Crippen molar-refractivity contribution in [2.75, 3.05) is 5.32 Å². The highest BCUT2D eigenvalue weighted by atomic mass is 19.1. The highest BCUT2D eigenvalue weighted by Crippen LogP contribution is 2.12. The first kappa shape index (κ1) is 16.6. The van der Waals surface area contributed by atoms with E-state index in [4.69, 9.17) is 4.42 Å². The van der Waals surface area contributed by atoms with Crippen LogP contribution in [-0.4, -0.2) is 16.2 Å². The van der Waals surface area contributed by atoms with Gasteiger partial charge < -0.3 is 9.73 Å². The largest absolute Gasteiger partial charge is 0.407 e. The minimum Gasteiger partial charge on any atom is -0.407 e. The number of nitrogens with one attached hydrogen (secondary N) is 2. The van der Waals surface area contributed by atoms with Crippen LogP contribution in [0.15, 0.2) is 52.9 Å². The van der Waals surface area contributed by atoms with Gasteiger partial charge in [-0.25, -0.2) is 13.6 Å². The number of carbonyl (C=O) groups excluding carboxylic acids is 1. The summed E-state index contributed by atoms with van der Waals surface area (Å²) in [4.78, 5) is 11.8. The Morgan fingerprint density at radius 3 is 2.16 bits per heavy atom.